The van der Waals surface area contributed by atoms with Crippen LogP contribution in [0.15, 0.2) is 30.7 Å². The summed E-state index contributed by atoms with van der Waals surface area (Å²) in [5, 5.41) is 0.575. The molecule has 2 aromatic rings. The minimum atomic E-state index is -0.305. The Labute approximate surface area is 111 Å². The molecule has 0 fully saturated rings. The summed E-state index contributed by atoms with van der Waals surface area (Å²) in [6, 6.07) is 3.28. The molecular weight excluding hydrogens is 250 g/mol. The Bertz CT molecular complexity index is 511. The molecule has 5 nitrogen and oxygen atoms in total. The Hall–Kier alpha value is -1.43. The summed E-state index contributed by atoms with van der Waals surface area (Å²) in [6.07, 6.45) is 6.40. The van der Waals surface area contributed by atoms with Gasteiger partial charge in [-0.25, -0.2) is 10.4 Å². The Morgan fingerprint density at radius 1 is 1.44 bits per heavy atom. The Morgan fingerprint density at radius 2 is 2.28 bits per heavy atom. The van der Waals surface area contributed by atoms with Crippen molar-refractivity contribution in [2.75, 3.05) is 0 Å². The largest absolute Gasteiger partial charge is 0.333 e. The minimum absolute atomic E-state index is 0.305. The highest BCUT2D eigenvalue weighted by Crippen LogP contribution is 2.24. The number of hydrogen-bond acceptors (Lipinski definition) is 4. The second-order valence-corrected chi connectivity index (χ2v) is 4.36. The van der Waals surface area contributed by atoms with Crippen LogP contribution in [0.5, 0.6) is 0 Å². The van der Waals surface area contributed by atoms with Crippen molar-refractivity contribution in [1.82, 2.24) is 20.0 Å². The van der Waals surface area contributed by atoms with Crippen molar-refractivity contribution in [2.24, 2.45) is 5.84 Å². The van der Waals surface area contributed by atoms with E-state index in [4.69, 9.17) is 17.4 Å². The van der Waals surface area contributed by atoms with Crippen molar-refractivity contribution in [1.29, 1.82) is 0 Å². The van der Waals surface area contributed by atoms with Gasteiger partial charge in [-0.2, -0.15) is 0 Å². The maximum absolute atomic E-state index is 6.15. The van der Waals surface area contributed by atoms with E-state index in [0.29, 0.717) is 10.7 Å². The third-order valence-electron chi connectivity index (χ3n) is 2.70. The predicted molar refractivity (Wildman–Crippen MR) is 70.9 cm³/mol. The van der Waals surface area contributed by atoms with Crippen LogP contribution < -0.4 is 11.3 Å². The first-order chi connectivity index (χ1) is 8.77. The smallest absolute Gasteiger partial charge is 0.133 e. The summed E-state index contributed by atoms with van der Waals surface area (Å²) in [4.78, 5) is 8.62. The standard InChI is InChI=1S/C12H16ClN5/c1-2-7-18-8-6-16-12(18)11(17-14)10-9(13)4-3-5-15-10/h3-6,8,11,17H,2,7,14H2,1H3. The summed E-state index contributed by atoms with van der Waals surface area (Å²) in [5.74, 6) is 6.45. The second kappa shape index (κ2) is 5.95. The number of pyridine rings is 1. The monoisotopic (exact) mass is 265 g/mol. The highest BCUT2D eigenvalue weighted by molar-refractivity contribution is 6.31. The average molecular weight is 266 g/mol. The van der Waals surface area contributed by atoms with E-state index in [1.54, 1.807) is 24.5 Å². The fraction of sp³-hybridized carbons (Fsp3) is 0.333. The maximum Gasteiger partial charge on any atom is 0.133 e. The lowest BCUT2D eigenvalue weighted by atomic mass is 10.2. The summed E-state index contributed by atoms with van der Waals surface area (Å²) >= 11 is 6.15. The Morgan fingerprint density at radius 3 is 2.94 bits per heavy atom. The van der Waals surface area contributed by atoms with Gasteiger partial charge in [0.25, 0.3) is 0 Å². The molecule has 3 N–H and O–H groups in total. The van der Waals surface area contributed by atoms with Gasteiger partial charge in [0.2, 0.25) is 0 Å². The first-order valence-electron chi connectivity index (χ1n) is 5.85. The number of nitrogens with zero attached hydrogens (tertiary/aromatic N) is 3. The number of hydrogen-bond donors (Lipinski definition) is 2. The molecule has 0 radical (unpaired) electrons. The number of nitrogens with two attached hydrogens (primary N) is 1. The van der Waals surface area contributed by atoms with E-state index in [9.17, 15) is 0 Å². The van der Waals surface area contributed by atoms with Crippen LogP contribution >= 0.6 is 11.6 Å². The molecule has 96 valence electrons. The van der Waals surface area contributed by atoms with E-state index in [0.717, 1.165) is 18.8 Å². The SMILES string of the molecule is CCCn1ccnc1C(NN)c1ncccc1Cl. The van der Waals surface area contributed by atoms with Gasteiger partial charge in [0.15, 0.2) is 0 Å². The van der Waals surface area contributed by atoms with Crippen molar-refractivity contribution in [2.45, 2.75) is 25.9 Å². The fourth-order valence-electron chi connectivity index (χ4n) is 1.90. The van der Waals surface area contributed by atoms with Gasteiger partial charge in [-0.1, -0.05) is 18.5 Å². The number of rotatable bonds is 5. The number of halogens is 1. The molecule has 0 saturated carbocycles. The first kappa shape index (κ1) is 13.0. The molecule has 0 aliphatic rings. The molecule has 0 bridgehead atoms. The quantitative estimate of drug-likeness (QED) is 0.640. The number of hydrazine groups is 1. The lowest BCUT2D eigenvalue weighted by Crippen LogP contribution is -2.32. The number of aryl methyl sites for hydroxylation is 1. The lowest BCUT2D eigenvalue weighted by Gasteiger charge is -2.17. The number of imidazole rings is 1. The van der Waals surface area contributed by atoms with Crippen molar-refractivity contribution in [3.8, 4) is 0 Å². The third-order valence-corrected chi connectivity index (χ3v) is 3.02. The lowest BCUT2D eigenvalue weighted by molar-refractivity contribution is 0.536. The van der Waals surface area contributed by atoms with Crippen LogP contribution in [-0.2, 0) is 6.54 Å². The zero-order valence-corrected chi connectivity index (χ0v) is 10.9. The van der Waals surface area contributed by atoms with E-state index in [1.807, 2.05) is 6.20 Å². The molecule has 0 saturated heterocycles. The molecule has 0 spiro atoms. The van der Waals surface area contributed by atoms with Gasteiger partial charge < -0.3 is 4.57 Å². The van der Waals surface area contributed by atoms with Crippen LogP contribution in [0.4, 0.5) is 0 Å². The molecule has 2 heterocycles. The zero-order chi connectivity index (χ0) is 13.0. The second-order valence-electron chi connectivity index (χ2n) is 3.95. The number of nitrogens with one attached hydrogen (secondary N) is 1. The van der Waals surface area contributed by atoms with Crippen molar-refractivity contribution in [3.05, 3.63) is 47.3 Å². The van der Waals surface area contributed by atoms with Crippen LogP contribution in [0.2, 0.25) is 5.02 Å². The predicted octanol–water partition coefficient (Wildman–Crippen LogP) is 1.89. The van der Waals surface area contributed by atoms with Gasteiger partial charge in [0, 0.05) is 25.1 Å². The number of aromatic nitrogens is 3. The van der Waals surface area contributed by atoms with Crippen LogP contribution in [0.25, 0.3) is 0 Å². The normalized spacial score (nSPS) is 12.6. The Kier molecular flexibility index (Phi) is 4.30. The summed E-state index contributed by atoms with van der Waals surface area (Å²) in [7, 11) is 0. The fourth-order valence-corrected chi connectivity index (χ4v) is 2.13. The highest BCUT2D eigenvalue weighted by Gasteiger charge is 2.21. The van der Waals surface area contributed by atoms with Crippen molar-refractivity contribution >= 4 is 11.6 Å². The molecule has 0 aromatic carbocycles. The molecule has 6 heteroatoms. The van der Waals surface area contributed by atoms with E-state index < -0.39 is 0 Å². The van der Waals surface area contributed by atoms with Crippen molar-refractivity contribution < 1.29 is 0 Å². The van der Waals surface area contributed by atoms with Gasteiger partial charge in [0.1, 0.15) is 11.9 Å². The van der Waals surface area contributed by atoms with Crippen LogP contribution in [0.1, 0.15) is 30.9 Å². The molecule has 18 heavy (non-hydrogen) atoms. The van der Waals surface area contributed by atoms with E-state index in [2.05, 4.69) is 26.9 Å². The van der Waals surface area contributed by atoms with Crippen LogP contribution in [0.3, 0.4) is 0 Å². The molecule has 2 rings (SSSR count). The maximum atomic E-state index is 6.15. The first-order valence-corrected chi connectivity index (χ1v) is 6.23. The third kappa shape index (κ3) is 2.53. The Balaban J connectivity index is 2.39. The molecule has 0 aliphatic carbocycles. The molecule has 1 unspecified atom stereocenters. The molecular formula is C12H16ClN5. The zero-order valence-electron chi connectivity index (χ0n) is 10.2. The van der Waals surface area contributed by atoms with E-state index in [-0.39, 0.29) is 6.04 Å². The molecule has 0 amide bonds. The molecule has 2 aromatic heterocycles. The van der Waals surface area contributed by atoms with Gasteiger partial charge >= 0.3 is 0 Å². The van der Waals surface area contributed by atoms with Gasteiger partial charge in [-0.15, -0.1) is 0 Å². The minimum Gasteiger partial charge on any atom is -0.333 e. The topological polar surface area (TPSA) is 68.8 Å². The van der Waals surface area contributed by atoms with Crippen LogP contribution in [-0.4, -0.2) is 14.5 Å². The van der Waals surface area contributed by atoms with Gasteiger partial charge in [-0.3, -0.25) is 10.8 Å². The van der Waals surface area contributed by atoms with E-state index in [1.165, 1.54) is 0 Å². The molecule has 1 atom stereocenters. The summed E-state index contributed by atoms with van der Waals surface area (Å²) < 4.78 is 2.05. The highest BCUT2D eigenvalue weighted by atomic mass is 35.5. The van der Waals surface area contributed by atoms with E-state index >= 15 is 0 Å². The van der Waals surface area contributed by atoms with Crippen LogP contribution in [0, 0.1) is 0 Å². The van der Waals surface area contributed by atoms with Gasteiger partial charge in [-0.05, 0) is 18.6 Å². The van der Waals surface area contributed by atoms with Crippen molar-refractivity contribution in [3.63, 3.8) is 0 Å². The molecule has 0 aliphatic heterocycles. The average Bonchev–Trinajstić information content (AvgIpc) is 2.82. The van der Waals surface area contributed by atoms with Gasteiger partial charge in [0.05, 0.1) is 10.7 Å². The summed E-state index contributed by atoms with van der Waals surface area (Å²) in [5.41, 5.74) is 3.42. The summed E-state index contributed by atoms with van der Waals surface area (Å²) in [6.45, 7) is 3.00.